The highest BCUT2D eigenvalue weighted by atomic mass is 32.2. The van der Waals surface area contributed by atoms with Crippen molar-refractivity contribution in [2.24, 2.45) is 0 Å². The third-order valence-electron chi connectivity index (χ3n) is 4.11. The number of carbonyl (C=O) groups excluding carboxylic acids is 1. The summed E-state index contributed by atoms with van der Waals surface area (Å²) in [7, 11) is -3.69. The molecule has 8 heteroatoms. The fraction of sp³-hybridized carbons (Fsp3) is 0.389. The van der Waals surface area contributed by atoms with E-state index >= 15 is 0 Å². The summed E-state index contributed by atoms with van der Waals surface area (Å²) in [6, 6.07) is 9.51. The topological polar surface area (TPSA) is 97.6 Å². The predicted molar refractivity (Wildman–Crippen MR) is 95.5 cm³/mol. The number of sulfonamides is 1. The number of ether oxygens (including phenoxy) is 1. The summed E-state index contributed by atoms with van der Waals surface area (Å²) < 4.78 is 38.1. The second-order valence-electron chi connectivity index (χ2n) is 6.23. The summed E-state index contributed by atoms with van der Waals surface area (Å²) in [4.78, 5) is 12.4. The third kappa shape index (κ3) is 4.72. The van der Waals surface area contributed by atoms with Gasteiger partial charge in [0, 0.05) is 31.2 Å². The first kappa shape index (κ1) is 18.6. The summed E-state index contributed by atoms with van der Waals surface area (Å²) in [6.07, 6.45) is 1.21. The lowest BCUT2D eigenvalue weighted by atomic mass is 10.2. The minimum absolute atomic E-state index is 0.0682. The largest absolute Gasteiger partial charge is 0.466 e. The highest BCUT2D eigenvalue weighted by Crippen LogP contribution is 2.14. The predicted octanol–water partition coefficient (Wildman–Crippen LogP) is 1.63. The molecule has 0 aliphatic carbocycles. The molecule has 7 nitrogen and oxygen atoms in total. The van der Waals surface area contributed by atoms with Gasteiger partial charge in [-0.05, 0) is 43.7 Å². The number of furan rings is 1. The maximum absolute atomic E-state index is 12.5. The van der Waals surface area contributed by atoms with Crippen molar-refractivity contribution in [1.82, 2.24) is 10.0 Å². The molecular formula is C18H22N2O5S. The number of nitrogens with one attached hydrogen (secondary N) is 2. The lowest BCUT2D eigenvalue weighted by Gasteiger charge is -2.12. The highest BCUT2D eigenvalue weighted by Gasteiger charge is 2.24. The van der Waals surface area contributed by atoms with Crippen LogP contribution in [-0.2, 0) is 21.2 Å². The van der Waals surface area contributed by atoms with Crippen molar-refractivity contribution in [1.29, 1.82) is 0 Å². The van der Waals surface area contributed by atoms with E-state index in [1.165, 1.54) is 12.1 Å². The fourth-order valence-corrected chi connectivity index (χ4v) is 4.04. The molecule has 3 rings (SSSR count). The van der Waals surface area contributed by atoms with Gasteiger partial charge in [-0.3, -0.25) is 4.79 Å². The van der Waals surface area contributed by atoms with Crippen LogP contribution in [0.25, 0.3) is 0 Å². The number of carbonyl (C=O) groups is 1. The molecule has 1 aromatic carbocycles. The molecule has 1 fully saturated rings. The summed E-state index contributed by atoms with van der Waals surface area (Å²) in [6.45, 7) is 3.18. The molecule has 0 unspecified atom stereocenters. The van der Waals surface area contributed by atoms with Crippen LogP contribution in [0.2, 0.25) is 0 Å². The van der Waals surface area contributed by atoms with Gasteiger partial charge in [0.2, 0.25) is 10.0 Å². The minimum atomic E-state index is -3.69. The molecule has 140 valence electrons. The molecule has 1 aliphatic rings. The minimum Gasteiger partial charge on any atom is -0.466 e. The Labute approximate surface area is 152 Å². The molecule has 26 heavy (non-hydrogen) atoms. The second-order valence-corrected chi connectivity index (χ2v) is 7.94. The van der Waals surface area contributed by atoms with Crippen molar-refractivity contribution in [2.45, 2.75) is 30.7 Å². The van der Waals surface area contributed by atoms with E-state index in [2.05, 4.69) is 10.0 Å². The van der Waals surface area contributed by atoms with Gasteiger partial charge in [-0.1, -0.05) is 6.07 Å². The Morgan fingerprint density at radius 1 is 1.27 bits per heavy atom. The molecule has 1 saturated heterocycles. The van der Waals surface area contributed by atoms with Crippen LogP contribution < -0.4 is 10.0 Å². The quantitative estimate of drug-likeness (QED) is 0.763. The average molecular weight is 378 g/mol. The molecule has 2 N–H and O–H groups in total. The van der Waals surface area contributed by atoms with Crippen LogP contribution in [0, 0.1) is 6.92 Å². The van der Waals surface area contributed by atoms with E-state index in [9.17, 15) is 13.2 Å². The Kier molecular flexibility index (Phi) is 5.75. The Balaban J connectivity index is 1.61. The first-order valence-corrected chi connectivity index (χ1v) is 9.96. The van der Waals surface area contributed by atoms with Crippen LogP contribution >= 0.6 is 0 Å². The number of hydrogen-bond acceptors (Lipinski definition) is 5. The lowest BCUT2D eigenvalue weighted by molar-refractivity contribution is 0.0953. The molecule has 2 heterocycles. The third-order valence-corrected chi connectivity index (χ3v) is 5.63. The van der Waals surface area contributed by atoms with Crippen molar-refractivity contribution in [3.63, 3.8) is 0 Å². The van der Waals surface area contributed by atoms with Gasteiger partial charge in [0.05, 0.1) is 11.5 Å². The molecule has 1 amide bonds. The zero-order valence-electron chi connectivity index (χ0n) is 14.5. The molecular weight excluding hydrogens is 356 g/mol. The molecule has 1 aromatic heterocycles. The Hall–Kier alpha value is -2.16. The van der Waals surface area contributed by atoms with Crippen LogP contribution in [0.1, 0.15) is 28.3 Å². The molecule has 1 atom stereocenters. The Bertz CT molecular complexity index is 869. The zero-order chi connectivity index (χ0) is 18.6. The summed E-state index contributed by atoms with van der Waals surface area (Å²) >= 11 is 0. The van der Waals surface area contributed by atoms with Crippen LogP contribution in [0.5, 0.6) is 0 Å². The number of rotatable bonds is 7. The molecule has 1 aliphatic heterocycles. The zero-order valence-corrected chi connectivity index (χ0v) is 15.3. The van der Waals surface area contributed by atoms with E-state index in [0.29, 0.717) is 38.2 Å². The van der Waals surface area contributed by atoms with Crippen LogP contribution in [0.3, 0.4) is 0 Å². The first-order valence-electron chi connectivity index (χ1n) is 8.48. The van der Waals surface area contributed by atoms with Crippen molar-refractivity contribution >= 4 is 15.9 Å². The van der Waals surface area contributed by atoms with Crippen LogP contribution in [0.15, 0.2) is 45.7 Å². The summed E-state index contributed by atoms with van der Waals surface area (Å²) in [5.74, 6) is 1.29. The molecule has 0 radical (unpaired) electrons. The van der Waals surface area contributed by atoms with Crippen molar-refractivity contribution in [2.75, 3.05) is 19.8 Å². The fourth-order valence-electron chi connectivity index (χ4n) is 2.74. The monoisotopic (exact) mass is 378 g/mol. The molecule has 0 spiro atoms. The SMILES string of the molecule is Cc1ccc(CCNC(=O)c2cccc(S(=O)(=O)N[C@H]3CCOC3)c2)o1. The molecule has 0 bridgehead atoms. The van der Waals surface area contributed by atoms with Gasteiger partial charge in [0.15, 0.2) is 0 Å². The van der Waals surface area contributed by atoms with Gasteiger partial charge in [-0.15, -0.1) is 0 Å². The van der Waals surface area contributed by atoms with Gasteiger partial charge in [0.25, 0.3) is 5.91 Å². The van der Waals surface area contributed by atoms with E-state index in [1.54, 1.807) is 12.1 Å². The Morgan fingerprint density at radius 3 is 2.81 bits per heavy atom. The average Bonchev–Trinajstić information content (AvgIpc) is 3.26. The van der Waals surface area contributed by atoms with Gasteiger partial charge in [-0.2, -0.15) is 0 Å². The van der Waals surface area contributed by atoms with Crippen LogP contribution in [-0.4, -0.2) is 40.1 Å². The molecule has 2 aromatic rings. The van der Waals surface area contributed by atoms with E-state index in [0.717, 1.165) is 11.5 Å². The normalized spacial score (nSPS) is 17.3. The van der Waals surface area contributed by atoms with E-state index in [1.807, 2.05) is 19.1 Å². The summed E-state index contributed by atoms with van der Waals surface area (Å²) in [5, 5.41) is 2.77. The Morgan fingerprint density at radius 2 is 2.12 bits per heavy atom. The van der Waals surface area contributed by atoms with Gasteiger partial charge < -0.3 is 14.5 Å². The van der Waals surface area contributed by atoms with E-state index in [-0.39, 0.29) is 16.8 Å². The van der Waals surface area contributed by atoms with Gasteiger partial charge in [0.1, 0.15) is 11.5 Å². The van der Waals surface area contributed by atoms with E-state index in [4.69, 9.17) is 9.15 Å². The maximum atomic E-state index is 12.5. The number of benzene rings is 1. The van der Waals surface area contributed by atoms with Gasteiger partial charge >= 0.3 is 0 Å². The lowest BCUT2D eigenvalue weighted by Crippen LogP contribution is -2.35. The number of hydrogen-bond donors (Lipinski definition) is 2. The number of amides is 1. The van der Waals surface area contributed by atoms with Crippen molar-refractivity contribution < 1.29 is 22.4 Å². The van der Waals surface area contributed by atoms with E-state index < -0.39 is 10.0 Å². The number of aryl methyl sites for hydroxylation is 1. The van der Waals surface area contributed by atoms with Crippen molar-refractivity contribution in [3.05, 3.63) is 53.5 Å². The highest BCUT2D eigenvalue weighted by molar-refractivity contribution is 7.89. The molecule has 0 saturated carbocycles. The standard InChI is InChI=1S/C18H22N2O5S/c1-13-5-6-16(25-13)7-9-19-18(21)14-3-2-4-17(11-14)26(22,23)20-15-8-10-24-12-15/h2-6,11,15,20H,7-10,12H2,1H3,(H,19,21)/t15-/m0/s1. The van der Waals surface area contributed by atoms with Gasteiger partial charge in [-0.25, -0.2) is 13.1 Å². The first-order chi connectivity index (χ1) is 12.4. The van der Waals surface area contributed by atoms with Crippen molar-refractivity contribution in [3.8, 4) is 0 Å². The van der Waals surface area contributed by atoms with Crippen LogP contribution in [0.4, 0.5) is 0 Å². The smallest absolute Gasteiger partial charge is 0.251 e. The second kappa shape index (κ2) is 8.03. The summed E-state index contributed by atoms with van der Waals surface area (Å²) in [5.41, 5.74) is 0.297. The maximum Gasteiger partial charge on any atom is 0.251 e.